The van der Waals surface area contributed by atoms with E-state index in [4.69, 9.17) is 24.6 Å². The average molecular weight is 543 g/mol. The third kappa shape index (κ3) is 3.77. The maximum atomic E-state index is 14.1. The van der Waals surface area contributed by atoms with Crippen molar-refractivity contribution >= 4 is 34.6 Å². The third-order valence-electron chi connectivity index (χ3n) is 7.46. The highest BCUT2D eigenvalue weighted by Gasteiger charge is 2.41. The van der Waals surface area contributed by atoms with Crippen LogP contribution in [0, 0.1) is 12.7 Å². The summed E-state index contributed by atoms with van der Waals surface area (Å²) >= 11 is 0. The van der Waals surface area contributed by atoms with Crippen LogP contribution in [0.15, 0.2) is 107 Å². The number of amidine groups is 2. The Morgan fingerprint density at radius 2 is 1.63 bits per heavy atom. The molecule has 3 aliphatic heterocycles. The Bertz CT molecular complexity index is 1880. The topological polar surface area (TPSA) is 76.3 Å². The molecule has 0 amide bonds. The summed E-state index contributed by atoms with van der Waals surface area (Å²) in [6, 6.07) is 29.9. The first-order chi connectivity index (χ1) is 20.1. The van der Waals surface area contributed by atoms with E-state index in [1.54, 1.807) is 0 Å². The predicted octanol–water partition coefficient (Wildman–Crippen LogP) is 6.84. The number of nitrogens with one attached hydrogen (secondary N) is 1. The Morgan fingerprint density at radius 3 is 2.49 bits per heavy atom. The molecule has 200 valence electrons. The zero-order valence-electron chi connectivity index (χ0n) is 22.0. The van der Waals surface area contributed by atoms with Crippen molar-refractivity contribution in [2.45, 2.75) is 13.0 Å². The van der Waals surface area contributed by atoms with Gasteiger partial charge in [-0.3, -0.25) is 0 Å². The van der Waals surface area contributed by atoms with Gasteiger partial charge in [-0.15, -0.1) is 0 Å². The van der Waals surface area contributed by atoms with Gasteiger partial charge in [0, 0.05) is 17.3 Å². The maximum Gasteiger partial charge on any atom is 0.231 e. The van der Waals surface area contributed by atoms with Gasteiger partial charge in [-0.2, -0.15) is 5.10 Å². The van der Waals surface area contributed by atoms with Gasteiger partial charge in [-0.05, 0) is 61.0 Å². The highest BCUT2D eigenvalue weighted by Crippen LogP contribution is 2.48. The van der Waals surface area contributed by atoms with Gasteiger partial charge in [-0.1, -0.05) is 42.5 Å². The number of hydrogen-bond donors (Lipinski definition) is 1. The van der Waals surface area contributed by atoms with Crippen molar-refractivity contribution in [3.8, 4) is 17.2 Å². The number of ether oxygens (including phenoxy) is 2. The second kappa shape index (κ2) is 9.06. The van der Waals surface area contributed by atoms with Crippen molar-refractivity contribution < 1.29 is 13.9 Å². The molecule has 4 heterocycles. The molecule has 1 atom stereocenters. The standard InChI is InChI=1S/C32H23FN6O2/c1-19-28-29(20-11-13-21(33)14-12-20)38-25-10-6-5-9-24(25)35-30(34-22-15-16-26-27(17-22)41-18-40-26)32(38)36-31(28)39(37-19)23-7-3-2-4-8-23/h2-17,29H,18H2,1H3,(H,34,35)/t29-/m0/s1. The monoisotopic (exact) mass is 542 g/mol. The van der Waals surface area contributed by atoms with E-state index in [1.165, 1.54) is 12.1 Å². The molecule has 0 radical (unpaired) electrons. The van der Waals surface area contributed by atoms with Crippen LogP contribution in [0.1, 0.15) is 22.9 Å². The molecule has 0 bridgehead atoms. The normalized spacial score (nSPS) is 16.3. The number of benzene rings is 4. The summed E-state index contributed by atoms with van der Waals surface area (Å²) < 4.78 is 27.1. The van der Waals surface area contributed by atoms with Crippen LogP contribution in [0.25, 0.3) is 5.69 Å². The molecule has 0 saturated carbocycles. The first kappa shape index (κ1) is 23.4. The fraction of sp³-hybridized carbons (Fsp3) is 0.0938. The van der Waals surface area contributed by atoms with Gasteiger partial charge in [0.1, 0.15) is 5.82 Å². The zero-order valence-corrected chi connectivity index (χ0v) is 22.0. The average Bonchev–Trinajstić information content (AvgIpc) is 3.61. The molecule has 0 aliphatic carbocycles. The van der Waals surface area contributed by atoms with E-state index >= 15 is 0 Å². The quantitative estimate of drug-likeness (QED) is 0.270. The number of hydrogen-bond acceptors (Lipinski definition) is 7. The van der Waals surface area contributed by atoms with Crippen molar-refractivity contribution in [3.05, 3.63) is 120 Å². The van der Waals surface area contributed by atoms with E-state index in [9.17, 15) is 4.39 Å². The molecule has 8 nitrogen and oxygen atoms in total. The number of anilines is 2. The highest BCUT2D eigenvalue weighted by atomic mass is 19.1. The fourth-order valence-corrected chi connectivity index (χ4v) is 5.62. The van der Waals surface area contributed by atoms with Gasteiger partial charge >= 0.3 is 0 Å². The Morgan fingerprint density at radius 1 is 0.854 bits per heavy atom. The van der Waals surface area contributed by atoms with Gasteiger partial charge in [0.05, 0.1) is 28.8 Å². The van der Waals surface area contributed by atoms with Crippen LogP contribution in [0.5, 0.6) is 11.5 Å². The van der Waals surface area contributed by atoms with E-state index in [0.29, 0.717) is 29.0 Å². The molecular weight excluding hydrogens is 519 g/mol. The van der Waals surface area contributed by atoms with E-state index in [0.717, 1.165) is 39.6 Å². The lowest BCUT2D eigenvalue weighted by atomic mass is 9.93. The molecule has 9 heteroatoms. The summed E-state index contributed by atoms with van der Waals surface area (Å²) in [5.74, 6) is 2.97. The summed E-state index contributed by atoms with van der Waals surface area (Å²) in [6.45, 7) is 2.18. The fourth-order valence-electron chi connectivity index (χ4n) is 5.62. The summed E-state index contributed by atoms with van der Waals surface area (Å²) in [6.07, 6.45) is 0. The van der Waals surface area contributed by atoms with E-state index in [1.807, 2.05) is 96.5 Å². The molecule has 8 rings (SSSR count). The third-order valence-corrected chi connectivity index (χ3v) is 7.46. The molecule has 41 heavy (non-hydrogen) atoms. The number of rotatable bonds is 3. The van der Waals surface area contributed by atoms with Crippen molar-refractivity contribution in [2.24, 2.45) is 9.98 Å². The number of halogens is 1. The molecular formula is C32H23FN6O2. The molecule has 5 aromatic rings. The molecule has 0 unspecified atom stereocenters. The number of fused-ring (bicyclic) bond motifs is 5. The second-order valence-corrected chi connectivity index (χ2v) is 9.97. The van der Waals surface area contributed by atoms with Crippen molar-refractivity contribution in [3.63, 3.8) is 0 Å². The minimum Gasteiger partial charge on any atom is -0.454 e. The number of aromatic nitrogens is 2. The van der Waals surface area contributed by atoms with Crippen LogP contribution in [0.4, 0.5) is 27.3 Å². The van der Waals surface area contributed by atoms with E-state index < -0.39 is 0 Å². The van der Waals surface area contributed by atoms with Crippen LogP contribution in [0.3, 0.4) is 0 Å². The number of aryl methyl sites for hydroxylation is 1. The van der Waals surface area contributed by atoms with Gasteiger partial charge in [-0.25, -0.2) is 19.1 Å². The predicted molar refractivity (Wildman–Crippen MR) is 156 cm³/mol. The molecule has 4 aromatic carbocycles. The number of para-hydroxylation sites is 3. The molecule has 0 fully saturated rings. The number of nitrogens with zero attached hydrogens (tertiary/aromatic N) is 5. The summed E-state index contributed by atoms with van der Waals surface area (Å²) in [4.78, 5) is 12.4. The van der Waals surface area contributed by atoms with Crippen molar-refractivity contribution in [2.75, 3.05) is 17.0 Å². The summed E-state index contributed by atoms with van der Waals surface area (Å²) in [7, 11) is 0. The maximum absolute atomic E-state index is 14.1. The first-order valence-electron chi connectivity index (χ1n) is 13.3. The van der Waals surface area contributed by atoms with Crippen LogP contribution in [-0.2, 0) is 0 Å². The first-order valence-corrected chi connectivity index (χ1v) is 13.3. The minimum absolute atomic E-state index is 0.193. The number of aliphatic imine (C=N–C) groups is 2. The molecule has 1 aromatic heterocycles. The molecule has 0 spiro atoms. The van der Waals surface area contributed by atoms with Gasteiger partial charge in [0.2, 0.25) is 6.79 Å². The zero-order chi connectivity index (χ0) is 27.5. The Labute approximate surface area is 235 Å². The van der Waals surface area contributed by atoms with Crippen LogP contribution >= 0.6 is 0 Å². The summed E-state index contributed by atoms with van der Waals surface area (Å²) in [5, 5.41) is 8.42. The smallest absolute Gasteiger partial charge is 0.231 e. The van der Waals surface area contributed by atoms with Crippen molar-refractivity contribution in [1.82, 2.24) is 9.78 Å². The van der Waals surface area contributed by atoms with Gasteiger partial charge in [0.15, 0.2) is 29.0 Å². The lowest BCUT2D eigenvalue weighted by molar-refractivity contribution is 0.174. The second-order valence-electron chi connectivity index (χ2n) is 9.97. The molecule has 0 saturated heterocycles. The minimum atomic E-state index is -0.333. The van der Waals surface area contributed by atoms with Gasteiger partial charge in [0.25, 0.3) is 0 Å². The van der Waals surface area contributed by atoms with E-state index in [-0.39, 0.29) is 18.7 Å². The lowest BCUT2D eigenvalue weighted by Crippen LogP contribution is -2.46. The Balaban J connectivity index is 1.36. The van der Waals surface area contributed by atoms with Crippen molar-refractivity contribution in [1.29, 1.82) is 0 Å². The Kier molecular flexibility index (Phi) is 5.18. The largest absolute Gasteiger partial charge is 0.454 e. The highest BCUT2D eigenvalue weighted by molar-refractivity contribution is 6.51. The van der Waals surface area contributed by atoms with Crippen LogP contribution < -0.4 is 19.7 Å². The van der Waals surface area contributed by atoms with E-state index in [2.05, 4.69) is 10.2 Å². The Hall–Kier alpha value is -5.44. The molecule has 3 aliphatic rings. The summed E-state index contributed by atoms with van der Waals surface area (Å²) in [5.41, 5.74) is 6.06. The van der Waals surface area contributed by atoms with Crippen LogP contribution in [-0.4, -0.2) is 28.2 Å². The van der Waals surface area contributed by atoms with Crippen LogP contribution in [0.2, 0.25) is 0 Å². The lowest BCUT2D eigenvalue weighted by Gasteiger charge is -2.40. The SMILES string of the molecule is Cc1nn(-c2ccccc2)c2c1[C@H](c1ccc(F)cc1)N1C(=N2)C(Nc2ccc3c(c2)OCO3)=Nc2ccccc21. The van der Waals surface area contributed by atoms with Gasteiger partial charge < -0.3 is 19.7 Å². The molecule has 1 N–H and O–H groups in total.